The molecule has 1 heterocycles. The Labute approximate surface area is 134 Å². The Bertz CT molecular complexity index is 691. The molecular formula is C16H22N2O5. The number of nitrogens with one attached hydrogen (secondary N) is 2. The molecule has 2 rings (SSSR count). The molecule has 0 radical (unpaired) electrons. The maximum absolute atomic E-state index is 11.7. The van der Waals surface area contributed by atoms with Crippen LogP contribution in [-0.2, 0) is 11.2 Å². The molecule has 126 valence electrons. The maximum Gasteiger partial charge on any atom is 0.405 e. The van der Waals surface area contributed by atoms with Crippen molar-refractivity contribution in [1.82, 2.24) is 10.3 Å². The molecule has 0 unspecified atom stereocenters. The highest BCUT2D eigenvalue weighted by atomic mass is 16.5. The molecule has 23 heavy (non-hydrogen) atoms. The van der Waals surface area contributed by atoms with Crippen LogP contribution in [0.1, 0.15) is 29.8 Å². The Morgan fingerprint density at radius 1 is 1.30 bits per heavy atom. The van der Waals surface area contributed by atoms with Crippen LogP contribution in [0.4, 0.5) is 4.79 Å². The minimum atomic E-state index is -1.06. The minimum Gasteiger partial charge on any atom is -0.465 e. The topological polar surface area (TPSA) is 112 Å². The minimum absolute atomic E-state index is 0.406. The van der Waals surface area contributed by atoms with Gasteiger partial charge in [0.15, 0.2) is 0 Å². The van der Waals surface area contributed by atoms with Crippen molar-refractivity contribution in [2.75, 3.05) is 14.2 Å². The number of rotatable bonds is 4. The van der Waals surface area contributed by atoms with E-state index in [9.17, 15) is 9.59 Å². The number of amides is 1. The fourth-order valence-corrected chi connectivity index (χ4v) is 2.45. The summed E-state index contributed by atoms with van der Waals surface area (Å²) in [5.74, 6) is -0.406. The molecule has 0 aliphatic carbocycles. The number of H-pyrrole nitrogens is 1. The van der Waals surface area contributed by atoms with E-state index in [1.165, 1.54) is 7.11 Å². The molecule has 0 fully saturated rings. The summed E-state index contributed by atoms with van der Waals surface area (Å²) in [5.41, 5.74) is 1.49. The standard InChI is InChI=1S/C15H18N2O4.CH4O/c1-15(2,17-14(19)20)7-9-8-16-12-10(9)5-4-6-11(12)13(18)21-3;1-2/h4-6,8,16-17H,7H2,1-3H3,(H,19,20);2H,1H3. The predicted octanol–water partition coefficient (Wildman–Crippen LogP) is 2.15. The zero-order valence-corrected chi connectivity index (χ0v) is 13.6. The number of esters is 1. The summed E-state index contributed by atoms with van der Waals surface area (Å²) in [4.78, 5) is 25.6. The van der Waals surface area contributed by atoms with Gasteiger partial charge in [-0.3, -0.25) is 0 Å². The van der Waals surface area contributed by atoms with Crippen LogP contribution in [0.3, 0.4) is 0 Å². The average Bonchev–Trinajstić information content (AvgIpc) is 2.89. The highest BCUT2D eigenvalue weighted by molar-refractivity contribution is 6.03. The Morgan fingerprint density at radius 2 is 1.96 bits per heavy atom. The Balaban J connectivity index is 0.00000127. The third-order valence-electron chi connectivity index (χ3n) is 3.28. The largest absolute Gasteiger partial charge is 0.465 e. The number of aliphatic hydroxyl groups is 1. The van der Waals surface area contributed by atoms with E-state index >= 15 is 0 Å². The highest BCUT2D eigenvalue weighted by Crippen LogP contribution is 2.25. The van der Waals surface area contributed by atoms with Crippen LogP contribution >= 0.6 is 0 Å². The SMILES string of the molecule is CO.COC(=O)c1cccc2c(CC(C)(C)NC(=O)O)c[nH]c12. The molecule has 7 nitrogen and oxygen atoms in total. The van der Waals surface area contributed by atoms with Gasteiger partial charge < -0.3 is 25.3 Å². The van der Waals surface area contributed by atoms with Crippen LogP contribution in [0, 0.1) is 0 Å². The summed E-state index contributed by atoms with van der Waals surface area (Å²) >= 11 is 0. The summed E-state index contributed by atoms with van der Waals surface area (Å²) in [7, 11) is 2.34. The van der Waals surface area contributed by atoms with Gasteiger partial charge in [0.1, 0.15) is 0 Å². The van der Waals surface area contributed by atoms with E-state index in [1.54, 1.807) is 18.3 Å². The van der Waals surface area contributed by atoms with Crippen molar-refractivity contribution in [3.63, 3.8) is 0 Å². The molecule has 1 amide bonds. The lowest BCUT2D eigenvalue weighted by Crippen LogP contribution is -2.44. The van der Waals surface area contributed by atoms with Crippen molar-refractivity contribution in [2.45, 2.75) is 25.8 Å². The molecule has 2 aromatic rings. The lowest BCUT2D eigenvalue weighted by atomic mass is 9.94. The van der Waals surface area contributed by atoms with Crippen molar-refractivity contribution in [3.05, 3.63) is 35.5 Å². The number of aromatic nitrogens is 1. The molecule has 0 saturated carbocycles. The molecule has 0 aliphatic heterocycles. The number of aliphatic hydroxyl groups excluding tert-OH is 1. The van der Waals surface area contributed by atoms with Gasteiger partial charge in [-0.1, -0.05) is 12.1 Å². The van der Waals surface area contributed by atoms with Gasteiger partial charge in [0, 0.05) is 24.2 Å². The van der Waals surface area contributed by atoms with Crippen molar-refractivity contribution >= 4 is 23.0 Å². The number of carbonyl (C=O) groups excluding carboxylic acids is 1. The molecule has 0 atom stereocenters. The number of hydrogen-bond donors (Lipinski definition) is 4. The number of hydrogen-bond acceptors (Lipinski definition) is 4. The van der Waals surface area contributed by atoms with E-state index in [0.29, 0.717) is 17.5 Å². The van der Waals surface area contributed by atoms with Gasteiger partial charge in [-0.2, -0.15) is 0 Å². The van der Waals surface area contributed by atoms with E-state index in [4.69, 9.17) is 14.9 Å². The third kappa shape index (κ3) is 4.46. The van der Waals surface area contributed by atoms with Gasteiger partial charge >= 0.3 is 12.1 Å². The monoisotopic (exact) mass is 322 g/mol. The van der Waals surface area contributed by atoms with E-state index < -0.39 is 17.6 Å². The Kier molecular flexibility index (Phi) is 6.15. The van der Waals surface area contributed by atoms with E-state index in [1.807, 2.05) is 19.9 Å². The second kappa shape index (κ2) is 7.64. The molecule has 7 heteroatoms. The van der Waals surface area contributed by atoms with Crippen molar-refractivity contribution in [1.29, 1.82) is 0 Å². The molecule has 4 N–H and O–H groups in total. The van der Waals surface area contributed by atoms with Gasteiger partial charge in [-0.25, -0.2) is 9.59 Å². The number of aromatic amines is 1. The van der Waals surface area contributed by atoms with Crippen LogP contribution < -0.4 is 5.32 Å². The fourth-order valence-electron chi connectivity index (χ4n) is 2.45. The molecule has 1 aromatic heterocycles. The number of methoxy groups -OCH3 is 1. The van der Waals surface area contributed by atoms with Crippen LogP contribution in [0.2, 0.25) is 0 Å². The van der Waals surface area contributed by atoms with Crippen LogP contribution in [0.15, 0.2) is 24.4 Å². The summed E-state index contributed by atoms with van der Waals surface area (Å²) in [6.07, 6.45) is 1.24. The van der Waals surface area contributed by atoms with Crippen molar-refractivity contribution < 1.29 is 24.5 Å². The molecule has 0 aliphatic rings. The first kappa shape index (κ1) is 18.5. The number of para-hydroxylation sites is 1. The Morgan fingerprint density at radius 3 is 2.52 bits per heavy atom. The normalized spacial score (nSPS) is 10.7. The third-order valence-corrected chi connectivity index (χ3v) is 3.28. The van der Waals surface area contributed by atoms with Gasteiger partial charge in [0.2, 0.25) is 0 Å². The van der Waals surface area contributed by atoms with Crippen LogP contribution in [-0.4, -0.2) is 47.0 Å². The first-order chi connectivity index (χ1) is 10.8. The van der Waals surface area contributed by atoms with Crippen molar-refractivity contribution in [3.8, 4) is 0 Å². The summed E-state index contributed by atoms with van der Waals surface area (Å²) in [6.45, 7) is 3.62. The number of benzene rings is 1. The lowest BCUT2D eigenvalue weighted by molar-refractivity contribution is 0.0602. The average molecular weight is 322 g/mol. The van der Waals surface area contributed by atoms with Crippen molar-refractivity contribution in [2.24, 2.45) is 0 Å². The number of carboxylic acid groups (broad SMARTS) is 1. The van der Waals surface area contributed by atoms with Crippen LogP contribution in [0.5, 0.6) is 0 Å². The van der Waals surface area contributed by atoms with E-state index in [2.05, 4.69) is 10.3 Å². The van der Waals surface area contributed by atoms with Gasteiger partial charge in [-0.15, -0.1) is 0 Å². The number of fused-ring (bicyclic) bond motifs is 1. The van der Waals surface area contributed by atoms with E-state index in [-0.39, 0.29) is 0 Å². The molecule has 0 bridgehead atoms. The van der Waals surface area contributed by atoms with Crippen LogP contribution in [0.25, 0.3) is 10.9 Å². The molecule has 0 spiro atoms. The molecule has 0 saturated heterocycles. The zero-order chi connectivity index (χ0) is 17.6. The molecular weight excluding hydrogens is 300 g/mol. The number of ether oxygens (including phenoxy) is 1. The second-order valence-corrected chi connectivity index (χ2v) is 5.52. The lowest BCUT2D eigenvalue weighted by Gasteiger charge is -2.24. The van der Waals surface area contributed by atoms with E-state index in [0.717, 1.165) is 18.1 Å². The second-order valence-electron chi connectivity index (χ2n) is 5.52. The fraction of sp³-hybridized carbons (Fsp3) is 0.375. The van der Waals surface area contributed by atoms with Gasteiger partial charge in [0.05, 0.1) is 18.2 Å². The van der Waals surface area contributed by atoms with Gasteiger partial charge in [-0.05, 0) is 31.9 Å². The summed E-state index contributed by atoms with van der Waals surface area (Å²) in [5, 5.41) is 19.2. The highest BCUT2D eigenvalue weighted by Gasteiger charge is 2.23. The summed E-state index contributed by atoms with van der Waals surface area (Å²) in [6, 6.07) is 5.36. The first-order valence-corrected chi connectivity index (χ1v) is 6.97. The summed E-state index contributed by atoms with van der Waals surface area (Å²) < 4.78 is 4.76. The smallest absolute Gasteiger partial charge is 0.405 e. The first-order valence-electron chi connectivity index (χ1n) is 6.97. The molecule has 1 aromatic carbocycles. The maximum atomic E-state index is 11.7. The number of carbonyl (C=O) groups is 2. The van der Waals surface area contributed by atoms with Gasteiger partial charge in [0.25, 0.3) is 0 Å². The predicted molar refractivity (Wildman–Crippen MR) is 86.7 cm³/mol. The Hall–Kier alpha value is -2.54. The quantitative estimate of drug-likeness (QED) is 0.644. The zero-order valence-electron chi connectivity index (χ0n) is 13.6.